The van der Waals surface area contributed by atoms with E-state index in [4.69, 9.17) is 9.47 Å². The van der Waals surface area contributed by atoms with Gasteiger partial charge in [0.2, 0.25) is 0 Å². The van der Waals surface area contributed by atoms with Crippen molar-refractivity contribution in [2.24, 2.45) is 11.8 Å². The molecular formula is C25H27N5O4. The van der Waals surface area contributed by atoms with E-state index in [1.807, 2.05) is 34.1 Å². The lowest BCUT2D eigenvalue weighted by atomic mass is 10.0. The maximum atomic E-state index is 13.0. The summed E-state index contributed by atoms with van der Waals surface area (Å²) in [6.07, 6.45) is 2.07. The number of carbonyl (C=O) groups excluding carboxylic acids is 2. The fourth-order valence-electron chi connectivity index (χ4n) is 5.45. The number of hydrogen-bond acceptors (Lipinski definition) is 6. The smallest absolute Gasteiger partial charge is 0.260 e. The van der Waals surface area contributed by atoms with Crippen molar-refractivity contribution in [2.45, 2.75) is 18.9 Å². The van der Waals surface area contributed by atoms with Gasteiger partial charge in [0.15, 0.2) is 6.61 Å². The van der Waals surface area contributed by atoms with E-state index in [0.29, 0.717) is 49.1 Å². The maximum absolute atomic E-state index is 13.0. The minimum atomic E-state index is -0.00842. The standard InChI is InChI=1S/C25H27N5O4/c31-24(15-34-23-5-2-1-4-19(23)22-6-3-9-33-22)29-11-17-13-30(14-18(17)12-29)25(32)16-7-8-20-21(10-16)27-28-26-20/h1-2,4-5,7-8,10,17-18,22H,3,6,9,11-15H2,(H,26,27,28)/t17-,18-,22?/m1/s1. The zero-order valence-electron chi connectivity index (χ0n) is 18.9. The van der Waals surface area contributed by atoms with E-state index < -0.39 is 0 Å². The number of H-pyrrole nitrogens is 1. The van der Waals surface area contributed by atoms with Crippen LogP contribution in [-0.4, -0.2) is 76.4 Å². The third-order valence-corrected chi connectivity index (χ3v) is 7.24. The molecule has 0 bridgehead atoms. The number of nitrogens with one attached hydrogen (secondary N) is 1. The lowest BCUT2D eigenvalue weighted by Gasteiger charge is -2.22. The van der Waals surface area contributed by atoms with Crippen LogP contribution in [0, 0.1) is 11.8 Å². The van der Waals surface area contributed by atoms with Gasteiger partial charge in [-0.15, -0.1) is 0 Å². The highest BCUT2D eigenvalue weighted by Crippen LogP contribution is 2.35. The number of carbonyl (C=O) groups is 2. The molecule has 176 valence electrons. The Morgan fingerprint density at radius 1 is 1.00 bits per heavy atom. The number of fused-ring (bicyclic) bond motifs is 2. The summed E-state index contributed by atoms with van der Waals surface area (Å²) in [4.78, 5) is 29.7. The molecule has 9 nitrogen and oxygen atoms in total. The Bertz CT molecular complexity index is 1210. The van der Waals surface area contributed by atoms with Crippen LogP contribution in [0.3, 0.4) is 0 Å². The molecule has 3 aromatic rings. The Hall–Kier alpha value is -3.46. The van der Waals surface area contributed by atoms with Crippen LogP contribution in [0.4, 0.5) is 0 Å². The minimum absolute atomic E-state index is 0.00579. The molecule has 1 unspecified atom stereocenters. The zero-order valence-corrected chi connectivity index (χ0v) is 18.9. The van der Waals surface area contributed by atoms with Gasteiger partial charge in [0, 0.05) is 55.7 Å². The maximum Gasteiger partial charge on any atom is 0.260 e. The molecule has 0 radical (unpaired) electrons. The van der Waals surface area contributed by atoms with Gasteiger partial charge >= 0.3 is 0 Å². The molecule has 3 saturated heterocycles. The molecule has 3 aliphatic rings. The quantitative estimate of drug-likeness (QED) is 0.626. The van der Waals surface area contributed by atoms with E-state index in [1.165, 1.54) is 0 Å². The van der Waals surface area contributed by atoms with Gasteiger partial charge in [-0.3, -0.25) is 9.59 Å². The summed E-state index contributed by atoms with van der Waals surface area (Å²) in [5, 5.41) is 10.7. The highest BCUT2D eigenvalue weighted by atomic mass is 16.5. The summed E-state index contributed by atoms with van der Waals surface area (Å²) in [5.41, 5.74) is 3.06. The average molecular weight is 462 g/mol. The molecule has 1 N–H and O–H groups in total. The van der Waals surface area contributed by atoms with Gasteiger partial charge in [0.05, 0.1) is 6.10 Å². The van der Waals surface area contributed by atoms with Crippen LogP contribution >= 0.6 is 0 Å². The zero-order chi connectivity index (χ0) is 23.1. The summed E-state index contributed by atoms with van der Waals surface area (Å²) < 4.78 is 11.7. The fourth-order valence-corrected chi connectivity index (χ4v) is 5.45. The van der Waals surface area contributed by atoms with Crippen molar-refractivity contribution in [2.75, 3.05) is 39.4 Å². The Morgan fingerprint density at radius 3 is 2.56 bits per heavy atom. The first kappa shape index (κ1) is 21.1. The van der Waals surface area contributed by atoms with Crippen LogP contribution < -0.4 is 4.74 Å². The number of aromatic amines is 1. The Labute approximate surface area is 197 Å². The average Bonchev–Trinajstić information content (AvgIpc) is 3.65. The molecule has 0 saturated carbocycles. The van der Waals surface area contributed by atoms with E-state index >= 15 is 0 Å². The van der Waals surface area contributed by atoms with E-state index in [-0.39, 0.29) is 24.5 Å². The topological polar surface area (TPSA) is 101 Å². The highest BCUT2D eigenvalue weighted by Gasteiger charge is 2.43. The highest BCUT2D eigenvalue weighted by molar-refractivity contribution is 5.97. The summed E-state index contributed by atoms with van der Waals surface area (Å²) in [5.74, 6) is 1.31. The van der Waals surface area contributed by atoms with Gasteiger partial charge in [-0.1, -0.05) is 18.2 Å². The predicted octanol–water partition coefficient (Wildman–Crippen LogP) is 2.42. The van der Waals surface area contributed by atoms with Gasteiger partial charge in [-0.2, -0.15) is 15.4 Å². The number of ether oxygens (including phenoxy) is 2. The largest absolute Gasteiger partial charge is 0.483 e. The molecule has 3 fully saturated rings. The van der Waals surface area contributed by atoms with Crippen LogP contribution in [-0.2, 0) is 9.53 Å². The number of nitrogens with zero attached hydrogens (tertiary/aromatic N) is 4. The van der Waals surface area contributed by atoms with Crippen molar-refractivity contribution in [3.05, 3.63) is 53.6 Å². The number of rotatable bonds is 5. The second-order valence-electron chi connectivity index (χ2n) is 9.38. The van der Waals surface area contributed by atoms with E-state index in [9.17, 15) is 9.59 Å². The first-order chi connectivity index (χ1) is 16.7. The molecule has 9 heteroatoms. The molecular weight excluding hydrogens is 434 g/mol. The van der Waals surface area contributed by atoms with Gasteiger partial charge in [0.25, 0.3) is 11.8 Å². The normalized spacial score (nSPS) is 24.1. The van der Waals surface area contributed by atoms with Crippen LogP contribution in [0.25, 0.3) is 11.0 Å². The lowest BCUT2D eigenvalue weighted by Crippen LogP contribution is -2.37. The molecule has 0 aliphatic carbocycles. The first-order valence-corrected chi connectivity index (χ1v) is 11.9. The molecule has 2 aromatic carbocycles. The van der Waals surface area contributed by atoms with E-state index in [2.05, 4.69) is 15.4 Å². The van der Waals surface area contributed by atoms with Crippen molar-refractivity contribution in [1.82, 2.24) is 25.2 Å². The molecule has 3 atom stereocenters. The fraction of sp³-hybridized carbons (Fsp3) is 0.440. The molecule has 6 rings (SSSR count). The number of para-hydroxylation sites is 1. The number of aromatic nitrogens is 3. The van der Waals surface area contributed by atoms with Crippen LogP contribution in [0.1, 0.15) is 34.9 Å². The van der Waals surface area contributed by atoms with Crippen LogP contribution in [0.5, 0.6) is 5.75 Å². The molecule has 0 spiro atoms. The molecule has 2 amide bonds. The summed E-state index contributed by atoms with van der Waals surface area (Å²) in [6.45, 7) is 3.42. The van der Waals surface area contributed by atoms with Crippen molar-refractivity contribution in [3.63, 3.8) is 0 Å². The predicted molar refractivity (Wildman–Crippen MR) is 123 cm³/mol. The summed E-state index contributed by atoms with van der Waals surface area (Å²) in [6, 6.07) is 13.2. The summed E-state index contributed by atoms with van der Waals surface area (Å²) in [7, 11) is 0. The summed E-state index contributed by atoms with van der Waals surface area (Å²) >= 11 is 0. The number of likely N-dealkylation sites (tertiary alicyclic amines) is 2. The van der Waals surface area contributed by atoms with Crippen molar-refractivity contribution >= 4 is 22.8 Å². The van der Waals surface area contributed by atoms with Gasteiger partial charge < -0.3 is 19.3 Å². The van der Waals surface area contributed by atoms with Gasteiger partial charge in [-0.05, 0) is 37.1 Å². The van der Waals surface area contributed by atoms with Gasteiger partial charge in [-0.25, -0.2) is 0 Å². The number of amides is 2. The minimum Gasteiger partial charge on any atom is -0.483 e. The third kappa shape index (κ3) is 3.90. The van der Waals surface area contributed by atoms with E-state index in [1.54, 1.807) is 18.2 Å². The monoisotopic (exact) mass is 461 g/mol. The molecule has 4 heterocycles. The second kappa shape index (κ2) is 8.72. The van der Waals surface area contributed by atoms with E-state index in [0.717, 1.165) is 36.3 Å². The Kier molecular flexibility index (Phi) is 5.41. The molecule has 1 aromatic heterocycles. The van der Waals surface area contributed by atoms with Crippen LogP contribution in [0.2, 0.25) is 0 Å². The van der Waals surface area contributed by atoms with Crippen LogP contribution in [0.15, 0.2) is 42.5 Å². The SMILES string of the molecule is O=C(COc1ccccc1C1CCCO1)N1C[C@@H]2CN(C(=O)c3ccc4n[nH]nc4c3)C[C@H]2C1. The number of hydrogen-bond donors (Lipinski definition) is 1. The number of benzene rings is 2. The Morgan fingerprint density at radius 2 is 1.76 bits per heavy atom. The van der Waals surface area contributed by atoms with Gasteiger partial charge in [0.1, 0.15) is 16.8 Å². The Balaban J connectivity index is 1.04. The molecule has 3 aliphatic heterocycles. The van der Waals surface area contributed by atoms with Crippen molar-refractivity contribution < 1.29 is 19.1 Å². The second-order valence-corrected chi connectivity index (χ2v) is 9.38. The van der Waals surface area contributed by atoms with Crippen molar-refractivity contribution in [3.8, 4) is 5.75 Å². The lowest BCUT2D eigenvalue weighted by molar-refractivity contribution is -0.132. The molecule has 34 heavy (non-hydrogen) atoms. The first-order valence-electron chi connectivity index (χ1n) is 11.9. The third-order valence-electron chi connectivity index (χ3n) is 7.24. The van der Waals surface area contributed by atoms with Crippen molar-refractivity contribution in [1.29, 1.82) is 0 Å².